The molecule has 2 rings (SSSR count). The number of furan rings is 1. The second-order valence-corrected chi connectivity index (χ2v) is 4.74. The first-order valence-corrected chi connectivity index (χ1v) is 6.21. The van der Waals surface area contributed by atoms with Gasteiger partial charge in [0.25, 0.3) is 0 Å². The van der Waals surface area contributed by atoms with Crippen LogP contribution >= 0.6 is 15.9 Å². The van der Waals surface area contributed by atoms with Crippen LogP contribution in [0.1, 0.15) is 11.3 Å². The third-order valence-corrected chi connectivity index (χ3v) is 3.15. The van der Waals surface area contributed by atoms with Crippen LogP contribution in [0.5, 0.6) is 5.88 Å². The molecule has 0 bridgehead atoms. The van der Waals surface area contributed by atoms with Crippen molar-refractivity contribution >= 4 is 21.9 Å². The molecule has 0 unspecified atom stereocenters. The number of anilines is 1. The molecule has 0 aromatic carbocycles. The molecule has 0 fully saturated rings. The predicted octanol–water partition coefficient (Wildman–Crippen LogP) is 2.79. The Kier molecular flexibility index (Phi) is 3.86. The van der Waals surface area contributed by atoms with Crippen molar-refractivity contribution in [1.82, 2.24) is 9.97 Å². The number of hydrogen-bond donors (Lipinski definition) is 0. The molecule has 96 valence electrons. The van der Waals surface area contributed by atoms with Gasteiger partial charge in [-0.25, -0.2) is 4.98 Å². The lowest BCUT2D eigenvalue weighted by atomic mass is 10.2. The first-order chi connectivity index (χ1) is 8.61. The Morgan fingerprint density at radius 2 is 2.28 bits per heavy atom. The van der Waals surface area contributed by atoms with E-state index in [-0.39, 0.29) is 0 Å². The molecule has 0 saturated carbocycles. The Bertz CT molecular complexity index is 542. The van der Waals surface area contributed by atoms with Crippen LogP contribution in [0.2, 0.25) is 0 Å². The first-order valence-electron chi connectivity index (χ1n) is 5.42. The summed E-state index contributed by atoms with van der Waals surface area (Å²) in [6, 6.07) is 1.95. The van der Waals surface area contributed by atoms with Gasteiger partial charge in [-0.1, -0.05) is 0 Å². The summed E-state index contributed by atoms with van der Waals surface area (Å²) in [5, 5.41) is 0. The van der Waals surface area contributed by atoms with Crippen molar-refractivity contribution in [1.29, 1.82) is 0 Å². The molecule has 2 heterocycles. The van der Waals surface area contributed by atoms with Crippen molar-refractivity contribution in [3.63, 3.8) is 0 Å². The van der Waals surface area contributed by atoms with E-state index in [9.17, 15) is 0 Å². The van der Waals surface area contributed by atoms with Gasteiger partial charge in [0.1, 0.15) is 5.76 Å². The van der Waals surface area contributed by atoms with Gasteiger partial charge in [0, 0.05) is 19.2 Å². The number of halogens is 1. The van der Waals surface area contributed by atoms with Crippen LogP contribution in [-0.2, 0) is 6.54 Å². The lowest BCUT2D eigenvalue weighted by Crippen LogP contribution is -2.19. The summed E-state index contributed by atoms with van der Waals surface area (Å²) < 4.78 is 11.2. The van der Waals surface area contributed by atoms with E-state index in [1.54, 1.807) is 19.6 Å². The average molecular weight is 312 g/mol. The Balaban J connectivity index is 2.18. The van der Waals surface area contributed by atoms with E-state index in [4.69, 9.17) is 9.15 Å². The summed E-state index contributed by atoms with van der Waals surface area (Å²) in [5.41, 5.74) is 1.11. The maximum Gasteiger partial charge on any atom is 0.232 e. The zero-order valence-electron chi connectivity index (χ0n) is 10.5. The molecule has 0 aliphatic rings. The van der Waals surface area contributed by atoms with E-state index in [0.29, 0.717) is 18.4 Å². The van der Waals surface area contributed by atoms with Gasteiger partial charge in [0.2, 0.25) is 11.8 Å². The standard InChI is InChI=1S/C12H14BrN3O2/c1-8-9(4-5-18-8)7-16(2)12-14-6-10(13)11(15-12)17-3/h4-6H,7H2,1-3H3. The Labute approximate surface area is 114 Å². The minimum atomic E-state index is 0.524. The number of rotatable bonds is 4. The number of ether oxygens (including phenoxy) is 1. The smallest absolute Gasteiger partial charge is 0.232 e. The zero-order chi connectivity index (χ0) is 13.1. The quantitative estimate of drug-likeness (QED) is 0.869. The van der Waals surface area contributed by atoms with Crippen LogP contribution in [0.4, 0.5) is 5.95 Å². The number of aromatic nitrogens is 2. The molecule has 0 spiro atoms. The highest BCUT2D eigenvalue weighted by atomic mass is 79.9. The highest BCUT2D eigenvalue weighted by Crippen LogP contribution is 2.23. The van der Waals surface area contributed by atoms with E-state index in [2.05, 4.69) is 25.9 Å². The van der Waals surface area contributed by atoms with Crippen LogP contribution in [-0.4, -0.2) is 24.1 Å². The summed E-state index contributed by atoms with van der Waals surface area (Å²) >= 11 is 3.33. The van der Waals surface area contributed by atoms with Gasteiger partial charge in [-0.05, 0) is 28.9 Å². The van der Waals surface area contributed by atoms with Gasteiger partial charge in [0.15, 0.2) is 0 Å². The number of methoxy groups -OCH3 is 1. The van der Waals surface area contributed by atoms with Crippen molar-refractivity contribution in [3.05, 3.63) is 34.3 Å². The normalized spacial score (nSPS) is 10.4. The number of hydrogen-bond acceptors (Lipinski definition) is 5. The summed E-state index contributed by atoms with van der Waals surface area (Å²) in [6.45, 7) is 2.62. The summed E-state index contributed by atoms with van der Waals surface area (Å²) in [7, 11) is 3.51. The van der Waals surface area contributed by atoms with Crippen LogP contribution in [0.15, 0.2) is 27.4 Å². The van der Waals surface area contributed by atoms with Gasteiger partial charge < -0.3 is 14.1 Å². The SMILES string of the molecule is COc1nc(N(C)Cc2ccoc2C)ncc1Br. The zero-order valence-corrected chi connectivity index (χ0v) is 12.1. The molecule has 0 N–H and O–H groups in total. The van der Waals surface area contributed by atoms with Gasteiger partial charge in [-0.3, -0.25) is 0 Å². The lowest BCUT2D eigenvalue weighted by molar-refractivity contribution is 0.394. The van der Waals surface area contributed by atoms with E-state index < -0.39 is 0 Å². The van der Waals surface area contributed by atoms with Gasteiger partial charge >= 0.3 is 0 Å². The van der Waals surface area contributed by atoms with Crippen molar-refractivity contribution in [2.45, 2.75) is 13.5 Å². The Morgan fingerprint density at radius 3 is 2.89 bits per heavy atom. The van der Waals surface area contributed by atoms with Crippen molar-refractivity contribution in [2.75, 3.05) is 19.1 Å². The minimum Gasteiger partial charge on any atom is -0.480 e. The molecule has 0 amide bonds. The topological polar surface area (TPSA) is 51.4 Å². The average Bonchev–Trinajstić information content (AvgIpc) is 2.75. The highest BCUT2D eigenvalue weighted by molar-refractivity contribution is 9.10. The molecule has 0 radical (unpaired) electrons. The molecule has 0 aliphatic heterocycles. The molecular weight excluding hydrogens is 298 g/mol. The Hall–Kier alpha value is -1.56. The summed E-state index contributed by atoms with van der Waals surface area (Å²) in [5.74, 6) is 2.04. The minimum absolute atomic E-state index is 0.524. The van der Waals surface area contributed by atoms with E-state index >= 15 is 0 Å². The molecule has 2 aromatic heterocycles. The highest BCUT2D eigenvalue weighted by Gasteiger charge is 2.11. The fraction of sp³-hybridized carbons (Fsp3) is 0.333. The number of nitrogens with zero attached hydrogens (tertiary/aromatic N) is 3. The van der Waals surface area contributed by atoms with Gasteiger partial charge in [-0.15, -0.1) is 0 Å². The largest absolute Gasteiger partial charge is 0.480 e. The maximum absolute atomic E-state index is 5.27. The predicted molar refractivity (Wildman–Crippen MR) is 71.8 cm³/mol. The van der Waals surface area contributed by atoms with E-state index in [0.717, 1.165) is 15.8 Å². The van der Waals surface area contributed by atoms with Gasteiger partial charge in [-0.2, -0.15) is 4.98 Å². The van der Waals surface area contributed by atoms with Crippen molar-refractivity contribution in [2.24, 2.45) is 0 Å². The van der Waals surface area contributed by atoms with Crippen LogP contribution in [0.25, 0.3) is 0 Å². The molecule has 0 saturated heterocycles. The maximum atomic E-state index is 5.27. The third kappa shape index (κ3) is 2.64. The molecular formula is C12H14BrN3O2. The fourth-order valence-electron chi connectivity index (χ4n) is 1.57. The molecule has 5 nitrogen and oxygen atoms in total. The summed E-state index contributed by atoms with van der Waals surface area (Å²) in [4.78, 5) is 10.5. The lowest BCUT2D eigenvalue weighted by Gasteiger charge is -2.17. The fourth-order valence-corrected chi connectivity index (χ4v) is 1.92. The van der Waals surface area contributed by atoms with Gasteiger partial charge in [0.05, 0.1) is 24.0 Å². The number of aryl methyl sites for hydroxylation is 1. The molecule has 18 heavy (non-hydrogen) atoms. The van der Waals surface area contributed by atoms with Crippen molar-refractivity contribution in [3.8, 4) is 5.88 Å². The monoisotopic (exact) mass is 311 g/mol. The van der Waals surface area contributed by atoms with Crippen LogP contribution in [0.3, 0.4) is 0 Å². The second kappa shape index (κ2) is 5.39. The van der Waals surface area contributed by atoms with Crippen molar-refractivity contribution < 1.29 is 9.15 Å². The van der Waals surface area contributed by atoms with E-state index in [1.165, 1.54) is 0 Å². The first kappa shape index (κ1) is 12.9. The van der Waals surface area contributed by atoms with Crippen LogP contribution < -0.4 is 9.64 Å². The van der Waals surface area contributed by atoms with Crippen LogP contribution in [0, 0.1) is 6.92 Å². The van der Waals surface area contributed by atoms with E-state index in [1.807, 2.05) is 24.9 Å². The molecule has 0 aliphatic carbocycles. The molecule has 6 heteroatoms. The second-order valence-electron chi connectivity index (χ2n) is 3.89. The Morgan fingerprint density at radius 1 is 1.50 bits per heavy atom. The molecule has 0 atom stereocenters. The molecule has 2 aromatic rings. The third-order valence-electron chi connectivity index (χ3n) is 2.61. The summed E-state index contributed by atoms with van der Waals surface area (Å²) in [6.07, 6.45) is 3.36.